The van der Waals surface area contributed by atoms with Gasteiger partial charge in [-0.2, -0.15) is 0 Å². The summed E-state index contributed by atoms with van der Waals surface area (Å²) in [6.07, 6.45) is 15.1. The van der Waals surface area contributed by atoms with Crippen molar-refractivity contribution < 1.29 is 19.1 Å². The van der Waals surface area contributed by atoms with Crippen LogP contribution in [0.3, 0.4) is 0 Å². The van der Waals surface area contributed by atoms with Gasteiger partial charge in [0, 0.05) is 13.3 Å². The average Bonchev–Trinajstić information content (AvgIpc) is 3.09. The molecule has 4 nitrogen and oxygen atoms in total. The fraction of sp³-hybridized carbons (Fsp3) is 0.852. The van der Waals surface area contributed by atoms with Gasteiger partial charge in [0.2, 0.25) is 0 Å². The van der Waals surface area contributed by atoms with E-state index in [1.807, 2.05) is 0 Å². The lowest BCUT2D eigenvalue weighted by molar-refractivity contribution is -0.153. The summed E-state index contributed by atoms with van der Waals surface area (Å²) in [7, 11) is 1.49. The minimum absolute atomic E-state index is 0.0752. The van der Waals surface area contributed by atoms with Crippen LogP contribution in [0.4, 0.5) is 0 Å². The molecular weight excluding hydrogens is 388 g/mol. The highest BCUT2D eigenvalue weighted by Gasteiger charge is 2.59. The van der Waals surface area contributed by atoms with Crippen LogP contribution in [-0.2, 0) is 19.1 Å². The summed E-state index contributed by atoms with van der Waals surface area (Å²) in [6.45, 7) is 8.97. The molecule has 174 valence electrons. The first kappa shape index (κ1) is 22.9. The highest BCUT2D eigenvalue weighted by molar-refractivity contribution is 5.69. The van der Waals surface area contributed by atoms with Gasteiger partial charge in [-0.1, -0.05) is 32.9 Å². The summed E-state index contributed by atoms with van der Waals surface area (Å²) in [5.41, 5.74) is 0.727. The van der Waals surface area contributed by atoms with Gasteiger partial charge in [0.1, 0.15) is 6.10 Å². The molecule has 0 aliphatic heterocycles. The van der Waals surface area contributed by atoms with Gasteiger partial charge < -0.3 is 9.47 Å². The maximum Gasteiger partial charge on any atom is 0.305 e. The van der Waals surface area contributed by atoms with Crippen molar-refractivity contribution in [1.29, 1.82) is 0 Å². The zero-order valence-electron chi connectivity index (χ0n) is 20.2. The van der Waals surface area contributed by atoms with E-state index in [0.29, 0.717) is 40.9 Å². The predicted molar refractivity (Wildman–Crippen MR) is 121 cm³/mol. The number of ether oxygens (including phenoxy) is 2. The second-order valence-corrected chi connectivity index (χ2v) is 11.6. The third-order valence-electron chi connectivity index (χ3n) is 10.2. The topological polar surface area (TPSA) is 52.6 Å². The molecular formula is C27H42O4. The number of fused-ring (bicyclic) bond motifs is 5. The molecule has 0 aromatic rings. The minimum Gasteiger partial charge on any atom is -0.469 e. The minimum atomic E-state index is -0.141. The number of carbonyl (C=O) groups is 2. The van der Waals surface area contributed by atoms with Gasteiger partial charge in [-0.3, -0.25) is 9.59 Å². The molecule has 31 heavy (non-hydrogen) atoms. The SMILES string of the molecule is COC(=O)CCC(C)C1CCC2C3C=CC4C[C@H](OC(C)=O)CCC4(C)C3CCC12C. The van der Waals surface area contributed by atoms with Crippen molar-refractivity contribution in [3.63, 3.8) is 0 Å². The number of carbonyl (C=O) groups excluding carboxylic acids is 2. The van der Waals surface area contributed by atoms with Gasteiger partial charge in [0.25, 0.3) is 0 Å². The first-order valence-electron chi connectivity index (χ1n) is 12.6. The Morgan fingerprint density at radius 1 is 1.03 bits per heavy atom. The van der Waals surface area contributed by atoms with Crippen molar-refractivity contribution in [3.8, 4) is 0 Å². The van der Waals surface area contributed by atoms with E-state index in [-0.39, 0.29) is 18.0 Å². The van der Waals surface area contributed by atoms with E-state index in [0.717, 1.165) is 31.1 Å². The van der Waals surface area contributed by atoms with Gasteiger partial charge in [-0.05, 0) is 97.7 Å². The van der Waals surface area contributed by atoms with Crippen molar-refractivity contribution in [2.45, 2.75) is 91.6 Å². The van der Waals surface area contributed by atoms with Gasteiger partial charge in [0.05, 0.1) is 7.11 Å². The molecule has 9 atom stereocenters. The Hall–Kier alpha value is -1.32. The summed E-state index contributed by atoms with van der Waals surface area (Å²) < 4.78 is 10.5. The Balaban J connectivity index is 1.49. The molecule has 0 saturated heterocycles. The monoisotopic (exact) mass is 430 g/mol. The lowest BCUT2D eigenvalue weighted by Crippen LogP contribution is -2.52. The highest BCUT2D eigenvalue weighted by Crippen LogP contribution is 2.67. The van der Waals surface area contributed by atoms with E-state index in [1.165, 1.54) is 46.1 Å². The average molecular weight is 431 g/mol. The number of rotatable bonds is 5. The fourth-order valence-electron chi connectivity index (χ4n) is 8.55. The van der Waals surface area contributed by atoms with E-state index in [9.17, 15) is 9.59 Å². The van der Waals surface area contributed by atoms with E-state index in [1.54, 1.807) is 0 Å². The van der Waals surface area contributed by atoms with E-state index in [4.69, 9.17) is 9.47 Å². The standard InChI is InChI=1S/C27H42O4/c1-17(6-11-25(29)30-5)22-9-10-23-21-8-7-19-16-20(31-18(2)28)12-14-26(19,3)24(21)13-15-27(22,23)4/h7-8,17,19-24H,6,9-16H2,1-5H3/t17?,19?,20-,21?,22?,23?,24?,26?,27?/m1/s1. The number of hydrogen-bond donors (Lipinski definition) is 0. The molecule has 0 aromatic heterocycles. The van der Waals surface area contributed by atoms with Crippen molar-refractivity contribution in [2.24, 2.45) is 46.3 Å². The first-order valence-corrected chi connectivity index (χ1v) is 12.6. The van der Waals surface area contributed by atoms with Crippen LogP contribution in [0.15, 0.2) is 12.2 Å². The molecule has 4 aliphatic rings. The first-order chi connectivity index (χ1) is 14.7. The van der Waals surface area contributed by atoms with Crippen LogP contribution < -0.4 is 0 Å². The van der Waals surface area contributed by atoms with Crippen LogP contribution in [0.5, 0.6) is 0 Å². The predicted octanol–water partition coefficient (Wildman–Crippen LogP) is 5.94. The van der Waals surface area contributed by atoms with Crippen molar-refractivity contribution >= 4 is 11.9 Å². The van der Waals surface area contributed by atoms with Crippen molar-refractivity contribution in [3.05, 3.63) is 12.2 Å². The lowest BCUT2D eigenvalue weighted by Gasteiger charge is -2.59. The highest BCUT2D eigenvalue weighted by atomic mass is 16.5. The van der Waals surface area contributed by atoms with E-state index >= 15 is 0 Å². The second-order valence-electron chi connectivity index (χ2n) is 11.6. The molecule has 4 heteroatoms. The molecule has 0 N–H and O–H groups in total. The summed E-state index contributed by atoms with van der Waals surface area (Å²) in [6, 6.07) is 0. The lowest BCUT2D eigenvalue weighted by atomic mass is 9.46. The normalized spacial score (nSPS) is 44.5. The molecule has 4 rings (SSSR count). The summed E-state index contributed by atoms with van der Waals surface area (Å²) in [5, 5.41) is 0. The Bertz CT molecular complexity index is 729. The number of allylic oxidation sites excluding steroid dienone is 2. The van der Waals surface area contributed by atoms with E-state index in [2.05, 4.69) is 32.9 Å². The Morgan fingerprint density at radius 2 is 1.74 bits per heavy atom. The Kier molecular flexibility index (Phi) is 6.31. The quantitative estimate of drug-likeness (QED) is 0.400. The van der Waals surface area contributed by atoms with Crippen LogP contribution in [0.25, 0.3) is 0 Å². The number of hydrogen-bond acceptors (Lipinski definition) is 4. The smallest absolute Gasteiger partial charge is 0.305 e. The molecule has 8 unspecified atom stereocenters. The number of methoxy groups -OCH3 is 1. The van der Waals surface area contributed by atoms with Gasteiger partial charge >= 0.3 is 11.9 Å². The molecule has 0 aromatic carbocycles. The summed E-state index contributed by atoms with van der Waals surface area (Å²) in [4.78, 5) is 23.1. The van der Waals surface area contributed by atoms with Crippen molar-refractivity contribution in [2.75, 3.05) is 7.11 Å². The van der Waals surface area contributed by atoms with Crippen molar-refractivity contribution in [1.82, 2.24) is 0 Å². The molecule has 0 bridgehead atoms. The van der Waals surface area contributed by atoms with Gasteiger partial charge in [-0.15, -0.1) is 0 Å². The molecule has 0 spiro atoms. The second kappa shape index (κ2) is 8.56. The largest absolute Gasteiger partial charge is 0.469 e. The summed E-state index contributed by atoms with van der Waals surface area (Å²) >= 11 is 0. The summed E-state index contributed by atoms with van der Waals surface area (Å²) in [5.74, 6) is 3.80. The van der Waals surface area contributed by atoms with E-state index < -0.39 is 0 Å². The van der Waals surface area contributed by atoms with Crippen LogP contribution in [0.2, 0.25) is 0 Å². The van der Waals surface area contributed by atoms with Crippen LogP contribution in [0, 0.1) is 46.3 Å². The zero-order chi connectivity index (χ0) is 22.4. The maximum atomic E-state index is 11.7. The Morgan fingerprint density at radius 3 is 2.45 bits per heavy atom. The Labute approximate surface area is 188 Å². The number of esters is 2. The molecule has 3 saturated carbocycles. The molecule has 3 fully saturated rings. The van der Waals surface area contributed by atoms with Crippen LogP contribution >= 0.6 is 0 Å². The third-order valence-corrected chi connectivity index (χ3v) is 10.2. The zero-order valence-corrected chi connectivity index (χ0v) is 20.2. The molecule has 0 heterocycles. The maximum absolute atomic E-state index is 11.7. The fourth-order valence-corrected chi connectivity index (χ4v) is 8.55. The molecule has 4 aliphatic carbocycles. The van der Waals surface area contributed by atoms with Gasteiger partial charge in [-0.25, -0.2) is 0 Å². The van der Waals surface area contributed by atoms with Crippen LogP contribution in [-0.4, -0.2) is 25.2 Å². The van der Waals surface area contributed by atoms with Crippen LogP contribution in [0.1, 0.15) is 85.5 Å². The molecule has 0 amide bonds. The third kappa shape index (κ3) is 3.97. The van der Waals surface area contributed by atoms with Gasteiger partial charge in [0.15, 0.2) is 0 Å². The molecule has 0 radical (unpaired) electrons.